The van der Waals surface area contributed by atoms with Crippen molar-refractivity contribution in [3.8, 4) is 0 Å². The predicted octanol–water partition coefficient (Wildman–Crippen LogP) is 1.70. The fourth-order valence-electron chi connectivity index (χ4n) is 2.29. The zero-order valence-corrected chi connectivity index (χ0v) is 10.2. The van der Waals surface area contributed by atoms with Gasteiger partial charge >= 0.3 is 0 Å². The van der Waals surface area contributed by atoms with E-state index < -0.39 is 0 Å². The average Bonchev–Trinajstić information content (AvgIpc) is 3.10. The summed E-state index contributed by atoms with van der Waals surface area (Å²) >= 11 is 0. The van der Waals surface area contributed by atoms with Gasteiger partial charge in [0.15, 0.2) is 0 Å². The Morgan fingerprint density at radius 2 is 1.81 bits per heavy atom. The molecule has 0 radical (unpaired) electrons. The fourth-order valence-corrected chi connectivity index (χ4v) is 2.29. The van der Waals surface area contributed by atoms with Gasteiger partial charge in [-0.3, -0.25) is 0 Å². The van der Waals surface area contributed by atoms with E-state index >= 15 is 0 Å². The molecule has 3 heteroatoms. The Labute approximate surface area is 98.6 Å². The standard InChI is InChI=1S/C13H25NO2/c15-13-6-4-12(5-7-13)14-8-1-9-16-10-11-2-3-11/h11-15H,1-10H2. The van der Waals surface area contributed by atoms with Crippen molar-refractivity contribution in [1.82, 2.24) is 5.32 Å². The number of rotatable bonds is 7. The van der Waals surface area contributed by atoms with Crippen molar-refractivity contribution in [2.75, 3.05) is 19.8 Å². The van der Waals surface area contributed by atoms with Crippen molar-refractivity contribution in [1.29, 1.82) is 0 Å². The minimum Gasteiger partial charge on any atom is -0.393 e. The van der Waals surface area contributed by atoms with E-state index in [-0.39, 0.29) is 6.10 Å². The van der Waals surface area contributed by atoms with Gasteiger partial charge in [0, 0.05) is 19.3 Å². The molecule has 2 rings (SSSR count). The molecule has 0 bridgehead atoms. The second-order valence-electron chi connectivity index (χ2n) is 5.33. The number of aliphatic hydroxyl groups is 1. The minimum absolute atomic E-state index is 0.0417. The lowest BCUT2D eigenvalue weighted by Crippen LogP contribution is -2.35. The van der Waals surface area contributed by atoms with Gasteiger partial charge in [-0.2, -0.15) is 0 Å². The molecule has 0 amide bonds. The minimum atomic E-state index is -0.0417. The van der Waals surface area contributed by atoms with Gasteiger partial charge in [0.25, 0.3) is 0 Å². The molecule has 94 valence electrons. The maximum absolute atomic E-state index is 9.38. The molecule has 0 aromatic heterocycles. The Morgan fingerprint density at radius 3 is 2.50 bits per heavy atom. The third-order valence-electron chi connectivity index (χ3n) is 3.65. The van der Waals surface area contributed by atoms with Crippen molar-refractivity contribution in [3.63, 3.8) is 0 Å². The summed E-state index contributed by atoms with van der Waals surface area (Å²) in [5.74, 6) is 0.882. The van der Waals surface area contributed by atoms with Crippen LogP contribution in [-0.4, -0.2) is 37.0 Å². The summed E-state index contributed by atoms with van der Waals surface area (Å²) in [5.41, 5.74) is 0. The molecule has 0 atom stereocenters. The number of aliphatic hydroxyl groups excluding tert-OH is 1. The third kappa shape index (κ3) is 4.81. The van der Waals surface area contributed by atoms with E-state index in [1.165, 1.54) is 12.8 Å². The van der Waals surface area contributed by atoms with Crippen molar-refractivity contribution in [2.24, 2.45) is 5.92 Å². The molecule has 2 N–H and O–H groups in total. The summed E-state index contributed by atoms with van der Waals surface area (Å²) in [6.45, 7) is 2.94. The number of hydrogen-bond acceptors (Lipinski definition) is 3. The molecule has 0 aromatic carbocycles. The number of nitrogens with one attached hydrogen (secondary N) is 1. The Balaban J connectivity index is 1.39. The van der Waals surface area contributed by atoms with Crippen molar-refractivity contribution in [2.45, 2.75) is 57.1 Å². The van der Waals surface area contributed by atoms with Crippen LogP contribution in [0.25, 0.3) is 0 Å². The normalized spacial score (nSPS) is 30.6. The van der Waals surface area contributed by atoms with Crippen LogP contribution >= 0.6 is 0 Å². The SMILES string of the molecule is OC1CCC(NCCCOCC2CC2)CC1. The molecule has 2 aliphatic rings. The average molecular weight is 227 g/mol. The van der Waals surface area contributed by atoms with Crippen LogP contribution in [0.4, 0.5) is 0 Å². The largest absolute Gasteiger partial charge is 0.393 e. The Kier molecular flexibility index (Phi) is 5.07. The van der Waals surface area contributed by atoms with E-state index in [2.05, 4.69) is 5.32 Å². The van der Waals surface area contributed by atoms with Gasteiger partial charge in [0.1, 0.15) is 0 Å². The molecule has 0 saturated heterocycles. The Bertz CT molecular complexity index is 186. The molecule has 0 unspecified atom stereocenters. The topological polar surface area (TPSA) is 41.5 Å². The molecule has 16 heavy (non-hydrogen) atoms. The van der Waals surface area contributed by atoms with E-state index in [4.69, 9.17) is 4.74 Å². The first-order chi connectivity index (χ1) is 7.84. The van der Waals surface area contributed by atoms with Crippen LogP contribution in [0.15, 0.2) is 0 Å². The van der Waals surface area contributed by atoms with Crippen LogP contribution in [-0.2, 0) is 4.74 Å². The molecular formula is C13H25NO2. The summed E-state index contributed by atoms with van der Waals surface area (Å²) in [7, 11) is 0. The highest BCUT2D eigenvalue weighted by Crippen LogP contribution is 2.28. The van der Waals surface area contributed by atoms with Gasteiger partial charge < -0.3 is 15.2 Å². The van der Waals surface area contributed by atoms with E-state index in [1.807, 2.05) is 0 Å². The molecule has 0 aliphatic heterocycles. The first-order valence-electron chi connectivity index (χ1n) is 6.84. The van der Waals surface area contributed by atoms with Crippen molar-refractivity contribution >= 4 is 0 Å². The zero-order chi connectivity index (χ0) is 11.2. The van der Waals surface area contributed by atoms with Crippen molar-refractivity contribution < 1.29 is 9.84 Å². The maximum Gasteiger partial charge on any atom is 0.0541 e. The molecule has 2 fully saturated rings. The fraction of sp³-hybridized carbons (Fsp3) is 1.00. The smallest absolute Gasteiger partial charge is 0.0541 e. The zero-order valence-electron chi connectivity index (χ0n) is 10.2. The van der Waals surface area contributed by atoms with Crippen molar-refractivity contribution in [3.05, 3.63) is 0 Å². The molecular weight excluding hydrogens is 202 g/mol. The highest BCUT2D eigenvalue weighted by molar-refractivity contribution is 4.76. The summed E-state index contributed by atoms with van der Waals surface area (Å²) in [6.07, 6.45) is 8.02. The van der Waals surface area contributed by atoms with Gasteiger partial charge in [-0.1, -0.05) is 0 Å². The molecule has 2 aliphatic carbocycles. The van der Waals surface area contributed by atoms with Crippen LogP contribution in [0, 0.1) is 5.92 Å². The lowest BCUT2D eigenvalue weighted by atomic mass is 9.93. The number of hydrogen-bond donors (Lipinski definition) is 2. The van der Waals surface area contributed by atoms with Gasteiger partial charge in [0.05, 0.1) is 6.10 Å². The van der Waals surface area contributed by atoms with Gasteiger partial charge in [-0.15, -0.1) is 0 Å². The van der Waals surface area contributed by atoms with Crippen LogP contribution in [0.5, 0.6) is 0 Å². The van der Waals surface area contributed by atoms with E-state index in [0.29, 0.717) is 6.04 Å². The molecule has 3 nitrogen and oxygen atoms in total. The van der Waals surface area contributed by atoms with Crippen LogP contribution in [0.3, 0.4) is 0 Å². The van der Waals surface area contributed by atoms with Gasteiger partial charge in [0.2, 0.25) is 0 Å². The highest BCUT2D eigenvalue weighted by Gasteiger charge is 2.21. The monoisotopic (exact) mass is 227 g/mol. The Morgan fingerprint density at radius 1 is 1.06 bits per heavy atom. The second-order valence-corrected chi connectivity index (χ2v) is 5.33. The molecule has 0 heterocycles. The van der Waals surface area contributed by atoms with E-state index in [1.54, 1.807) is 0 Å². The van der Waals surface area contributed by atoms with Gasteiger partial charge in [-0.05, 0) is 57.4 Å². The van der Waals surface area contributed by atoms with Crippen LogP contribution in [0.1, 0.15) is 44.9 Å². The molecule has 2 saturated carbocycles. The number of ether oxygens (including phenoxy) is 1. The lowest BCUT2D eigenvalue weighted by Gasteiger charge is -2.26. The maximum atomic E-state index is 9.38. The summed E-state index contributed by atoms with van der Waals surface area (Å²) in [6, 6.07) is 0.631. The second kappa shape index (κ2) is 6.58. The van der Waals surface area contributed by atoms with Crippen LogP contribution < -0.4 is 5.32 Å². The highest BCUT2D eigenvalue weighted by atomic mass is 16.5. The molecule has 0 aromatic rings. The quantitative estimate of drug-likeness (QED) is 0.650. The van der Waals surface area contributed by atoms with Crippen LogP contribution in [0.2, 0.25) is 0 Å². The predicted molar refractivity (Wildman–Crippen MR) is 64.4 cm³/mol. The Hall–Kier alpha value is -0.120. The summed E-state index contributed by atoms with van der Waals surface area (Å²) in [5, 5.41) is 12.9. The summed E-state index contributed by atoms with van der Waals surface area (Å²) in [4.78, 5) is 0. The lowest BCUT2D eigenvalue weighted by molar-refractivity contribution is 0.110. The van der Waals surface area contributed by atoms with E-state index in [0.717, 1.165) is 57.8 Å². The first kappa shape index (κ1) is 12.3. The van der Waals surface area contributed by atoms with E-state index in [9.17, 15) is 5.11 Å². The van der Waals surface area contributed by atoms with Gasteiger partial charge in [-0.25, -0.2) is 0 Å². The first-order valence-corrected chi connectivity index (χ1v) is 6.84. The summed E-state index contributed by atoms with van der Waals surface area (Å²) < 4.78 is 5.58. The molecule has 0 spiro atoms. The third-order valence-corrected chi connectivity index (χ3v) is 3.65.